The van der Waals surface area contributed by atoms with Crippen LogP contribution in [-0.4, -0.2) is 19.2 Å². The molecule has 0 atom stereocenters. The number of nitrogens with two attached hydrogens (primary N) is 1. The second kappa shape index (κ2) is 4.40. The first-order valence-electron chi connectivity index (χ1n) is 5.30. The lowest BCUT2D eigenvalue weighted by atomic mass is 10.1. The van der Waals surface area contributed by atoms with E-state index in [9.17, 15) is 18.0 Å². The number of nitrogens with zero attached hydrogens (tertiary/aromatic N) is 1. The molecule has 7 heteroatoms. The molecule has 0 unspecified atom stereocenters. The van der Waals surface area contributed by atoms with Gasteiger partial charge in [0, 0.05) is 17.9 Å². The first-order valence-corrected chi connectivity index (χ1v) is 5.30. The van der Waals surface area contributed by atoms with Crippen LogP contribution in [0.2, 0.25) is 0 Å². The van der Waals surface area contributed by atoms with Gasteiger partial charge in [-0.05, 0) is 24.6 Å². The highest BCUT2D eigenvalue weighted by Gasteiger charge is 2.34. The van der Waals surface area contributed by atoms with Gasteiger partial charge in [0.2, 0.25) is 0 Å². The summed E-state index contributed by atoms with van der Waals surface area (Å²) < 4.78 is 42.8. The number of carbonyl (C=O) groups excluding carboxylic acids is 1. The van der Waals surface area contributed by atoms with Gasteiger partial charge >= 0.3 is 12.3 Å². The van der Waals surface area contributed by atoms with Crippen LogP contribution in [0.3, 0.4) is 0 Å². The second-order valence-corrected chi connectivity index (χ2v) is 3.89. The number of cyclic esters (lactones) is 1. The summed E-state index contributed by atoms with van der Waals surface area (Å²) in [5.41, 5.74) is 4.11. The Balaban J connectivity index is 2.37. The lowest BCUT2D eigenvalue weighted by Crippen LogP contribution is -2.37. The van der Waals surface area contributed by atoms with E-state index in [0.717, 1.165) is 17.0 Å². The Morgan fingerprint density at radius 1 is 1.33 bits per heavy atom. The Morgan fingerprint density at radius 3 is 2.67 bits per heavy atom. The van der Waals surface area contributed by atoms with Crippen LogP contribution < -0.4 is 10.6 Å². The molecule has 1 aromatic carbocycles. The molecule has 0 spiro atoms. The van der Waals surface area contributed by atoms with Gasteiger partial charge in [-0.1, -0.05) is 0 Å². The molecule has 0 radical (unpaired) electrons. The van der Waals surface area contributed by atoms with Gasteiger partial charge in [-0.25, -0.2) is 4.79 Å². The molecule has 2 rings (SSSR count). The van der Waals surface area contributed by atoms with E-state index < -0.39 is 17.8 Å². The lowest BCUT2D eigenvalue weighted by Gasteiger charge is -2.27. The minimum absolute atomic E-state index is 0.140. The Labute approximate surface area is 101 Å². The molecule has 1 amide bonds. The smallest absolute Gasteiger partial charge is 0.418 e. The van der Waals surface area contributed by atoms with Crippen molar-refractivity contribution >= 4 is 17.5 Å². The number of rotatable bonds is 1. The third kappa shape index (κ3) is 2.34. The van der Waals surface area contributed by atoms with Gasteiger partial charge in [-0.15, -0.1) is 0 Å². The SMILES string of the molecule is Nc1ccc(N2CCCOC2=O)cc1C(F)(F)F. The Morgan fingerprint density at radius 2 is 2.06 bits per heavy atom. The number of carbonyl (C=O) groups is 1. The monoisotopic (exact) mass is 260 g/mol. The van der Waals surface area contributed by atoms with Crippen molar-refractivity contribution in [3.05, 3.63) is 23.8 Å². The van der Waals surface area contributed by atoms with E-state index in [-0.39, 0.29) is 18.0 Å². The van der Waals surface area contributed by atoms with Gasteiger partial charge in [0.15, 0.2) is 0 Å². The van der Waals surface area contributed by atoms with Crippen molar-refractivity contribution in [3.63, 3.8) is 0 Å². The van der Waals surface area contributed by atoms with E-state index in [1.165, 1.54) is 6.07 Å². The van der Waals surface area contributed by atoms with E-state index in [1.54, 1.807) is 0 Å². The highest BCUT2D eigenvalue weighted by Crippen LogP contribution is 2.36. The minimum atomic E-state index is -4.54. The number of hydrogen-bond acceptors (Lipinski definition) is 3. The molecular weight excluding hydrogens is 249 g/mol. The molecule has 1 aliphatic rings. The fraction of sp³-hybridized carbons (Fsp3) is 0.364. The number of nitrogen functional groups attached to an aromatic ring is 1. The number of hydrogen-bond donors (Lipinski definition) is 1. The van der Waals surface area contributed by atoms with Crippen LogP contribution in [0, 0.1) is 0 Å². The molecule has 1 fully saturated rings. The molecule has 1 heterocycles. The summed E-state index contributed by atoms with van der Waals surface area (Å²) in [5, 5.41) is 0. The summed E-state index contributed by atoms with van der Waals surface area (Å²) >= 11 is 0. The zero-order valence-corrected chi connectivity index (χ0v) is 9.33. The third-order valence-corrected chi connectivity index (χ3v) is 2.63. The standard InChI is InChI=1S/C11H11F3N2O2/c12-11(13,14)8-6-7(2-3-9(8)15)16-4-1-5-18-10(16)17/h2-3,6H,1,4-5,15H2. The number of benzene rings is 1. The number of alkyl halides is 3. The summed E-state index contributed by atoms with van der Waals surface area (Å²) in [6, 6.07) is 3.37. The molecule has 18 heavy (non-hydrogen) atoms. The van der Waals surface area contributed by atoms with Crippen LogP contribution in [-0.2, 0) is 10.9 Å². The van der Waals surface area contributed by atoms with Crippen LogP contribution in [0.15, 0.2) is 18.2 Å². The average molecular weight is 260 g/mol. The number of halogens is 3. The maximum absolute atomic E-state index is 12.7. The molecule has 0 aliphatic carbocycles. The van der Waals surface area contributed by atoms with Gasteiger partial charge < -0.3 is 10.5 Å². The minimum Gasteiger partial charge on any atom is -0.449 e. The number of amides is 1. The quantitative estimate of drug-likeness (QED) is 0.790. The molecule has 0 aromatic heterocycles. The van der Waals surface area contributed by atoms with Crippen LogP contribution in [0.1, 0.15) is 12.0 Å². The molecular formula is C11H11F3N2O2. The van der Waals surface area contributed by atoms with Gasteiger partial charge in [-0.3, -0.25) is 4.90 Å². The van der Waals surface area contributed by atoms with Gasteiger partial charge in [0.25, 0.3) is 0 Å². The maximum Gasteiger partial charge on any atom is 0.418 e. The Hall–Kier alpha value is -1.92. The van der Waals surface area contributed by atoms with Crippen LogP contribution in [0.4, 0.5) is 29.3 Å². The zero-order chi connectivity index (χ0) is 13.3. The summed E-state index contributed by atoms with van der Waals surface area (Å²) in [5.74, 6) is 0. The number of ether oxygens (including phenoxy) is 1. The van der Waals surface area contributed by atoms with Crippen molar-refractivity contribution in [1.29, 1.82) is 0 Å². The summed E-state index contributed by atoms with van der Waals surface area (Å²) in [7, 11) is 0. The maximum atomic E-state index is 12.7. The van der Waals surface area contributed by atoms with E-state index in [1.807, 2.05) is 0 Å². The zero-order valence-electron chi connectivity index (χ0n) is 9.33. The fourth-order valence-corrected chi connectivity index (χ4v) is 1.74. The van der Waals surface area contributed by atoms with Crippen molar-refractivity contribution in [3.8, 4) is 0 Å². The van der Waals surface area contributed by atoms with Gasteiger partial charge in [0.1, 0.15) is 0 Å². The van der Waals surface area contributed by atoms with Gasteiger partial charge in [-0.2, -0.15) is 13.2 Å². The van der Waals surface area contributed by atoms with E-state index in [2.05, 4.69) is 0 Å². The molecule has 0 bridgehead atoms. The van der Waals surface area contributed by atoms with Crippen LogP contribution in [0.5, 0.6) is 0 Å². The van der Waals surface area contributed by atoms with Crippen molar-refractivity contribution in [2.75, 3.05) is 23.8 Å². The highest BCUT2D eigenvalue weighted by atomic mass is 19.4. The van der Waals surface area contributed by atoms with Gasteiger partial charge in [0.05, 0.1) is 12.2 Å². The van der Waals surface area contributed by atoms with Crippen molar-refractivity contribution < 1.29 is 22.7 Å². The van der Waals surface area contributed by atoms with Crippen LogP contribution in [0.25, 0.3) is 0 Å². The third-order valence-electron chi connectivity index (χ3n) is 2.63. The first-order chi connectivity index (χ1) is 8.39. The normalized spacial score (nSPS) is 16.6. The fourth-order valence-electron chi connectivity index (χ4n) is 1.74. The lowest BCUT2D eigenvalue weighted by molar-refractivity contribution is -0.136. The molecule has 98 valence electrons. The van der Waals surface area contributed by atoms with E-state index >= 15 is 0 Å². The average Bonchev–Trinajstić information content (AvgIpc) is 2.29. The largest absolute Gasteiger partial charge is 0.449 e. The predicted molar refractivity (Wildman–Crippen MR) is 59.2 cm³/mol. The Kier molecular flexibility index (Phi) is 3.06. The molecule has 0 saturated carbocycles. The molecule has 1 saturated heterocycles. The van der Waals surface area contributed by atoms with Crippen molar-refractivity contribution in [2.24, 2.45) is 0 Å². The van der Waals surface area contributed by atoms with Crippen molar-refractivity contribution in [1.82, 2.24) is 0 Å². The summed E-state index contributed by atoms with van der Waals surface area (Å²) in [6.45, 7) is 0.622. The number of anilines is 2. The highest BCUT2D eigenvalue weighted by molar-refractivity contribution is 5.88. The summed E-state index contributed by atoms with van der Waals surface area (Å²) in [6.07, 6.45) is -4.60. The predicted octanol–water partition coefficient (Wildman–Crippen LogP) is 2.63. The topological polar surface area (TPSA) is 55.6 Å². The van der Waals surface area contributed by atoms with E-state index in [4.69, 9.17) is 10.5 Å². The van der Waals surface area contributed by atoms with E-state index in [0.29, 0.717) is 13.0 Å². The Bertz CT molecular complexity index is 474. The molecule has 2 N–H and O–H groups in total. The molecule has 1 aromatic rings. The molecule has 4 nitrogen and oxygen atoms in total. The summed E-state index contributed by atoms with van der Waals surface area (Å²) in [4.78, 5) is 12.6. The molecule has 1 aliphatic heterocycles. The first kappa shape index (κ1) is 12.5. The van der Waals surface area contributed by atoms with Crippen LogP contribution >= 0.6 is 0 Å². The van der Waals surface area contributed by atoms with Crippen molar-refractivity contribution in [2.45, 2.75) is 12.6 Å². The second-order valence-electron chi connectivity index (χ2n) is 3.89.